The predicted octanol–water partition coefficient (Wildman–Crippen LogP) is 1.11. The third-order valence-corrected chi connectivity index (χ3v) is 1.77. The SMILES string of the molecule is Cc1ncnc(C(C)C(=O)O)c1F. The molecule has 0 fully saturated rings. The summed E-state index contributed by atoms with van der Waals surface area (Å²) in [5.41, 5.74) is 0.0955. The van der Waals surface area contributed by atoms with Crippen LogP contribution in [0.4, 0.5) is 4.39 Å². The molecule has 0 aromatic carbocycles. The number of aliphatic carboxylic acids is 1. The monoisotopic (exact) mass is 184 g/mol. The second-order valence-electron chi connectivity index (χ2n) is 2.72. The molecule has 5 heteroatoms. The maximum atomic E-state index is 13.2. The van der Waals surface area contributed by atoms with Crippen LogP contribution >= 0.6 is 0 Å². The molecule has 0 radical (unpaired) electrons. The van der Waals surface area contributed by atoms with E-state index in [2.05, 4.69) is 9.97 Å². The van der Waals surface area contributed by atoms with Gasteiger partial charge in [0.2, 0.25) is 0 Å². The molecule has 0 aliphatic heterocycles. The molecule has 13 heavy (non-hydrogen) atoms. The van der Waals surface area contributed by atoms with Crippen molar-refractivity contribution in [2.45, 2.75) is 19.8 Å². The molecule has 0 saturated carbocycles. The molecule has 0 aliphatic carbocycles. The minimum Gasteiger partial charge on any atom is -0.481 e. The van der Waals surface area contributed by atoms with Crippen molar-refractivity contribution >= 4 is 5.97 Å². The first-order valence-corrected chi connectivity index (χ1v) is 3.74. The summed E-state index contributed by atoms with van der Waals surface area (Å²) in [6, 6.07) is 0. The van der Waals surface area contributed by atoms with Gasteiger partial charge in [-0.05, 0) is 13.8 Å². The quantitative estimate of drug-likeness (QED) is 0.747. The number of carbonyl (C=O) groups is 1. The van der Waals surface area contributed by atoms with Crippen LogP contribution in [0.15, 0.2) is 6.33 Å². The van der Waals surface area contributed by atoms with E-state index in [1.165, 1.54) is 13.8 Å². The highest BCUT2D eigenvalue weighted by atomic mass is 19.1. The number of halogens is 1. The summed E-state index contributed by atoms with van der Waals surface area (Å²) in [5.74, 6) is -2.68. The Labute approximate surface area is 74.5 Å². The number of nitrogens with zero attached hydrogens (tertiary/aromatic N) is 2. The van der Waals surface area contributed by atoms with Crippen LogP contribution in [0.5, 0.6) is 0 Å². The summed E-state index contributed by atoms with van der Waals surface area (Å²) in [6.07, 6.45) is 1.16. The van der Waals surface area contributed by atoms with Crippen LogP contribution in [0.25, 0.3) is 0 Å². The Bertz CT molecular complexity index is 341. The molecule has 0 spiro atoms. The lowest BCUT2D eigenvalue weighted by atomic mass is 10.1. The Morgan fingerprint density at radius 3 is 2.77 bits per heavy atom. The summed E-state index contributed by atoms with van der Waals surface area (Å²) in [4.78, 5) is 17.7. The van der Waals surface area contributed by atoms with Gasteiger partial charge in [-0.25, -0.2) is 14.4 Å². The Kier molecular flexibility index (Phi) is 2.55. The van der Waals surface area contributed by atoms with E-state index in [1.807, 2.05) is 0 Å². The molecule has 0 saturated heterocycles. The number of aryl methyl sites for hydroxylation is 1. The Morgan fingerprint density at radius 1 is 1.62 bits per heavy atom. The Morgan fingerprint density at radius 2 is 2.23 bits per heavy atom. The van der Waals surface area contributed by atoms with E-state index in [9.17, 15) is 9.18 Å². The number of carboxylic acid groups (broad SMARTS) is 1. The first-order valence-electron chi connectivity index (χ1n) is 3.74. The van der Waals surface area contributed by atoms with Gasteiger partial charge in [0.1, 0.15) is 6.33 Å². The zero-order chi connectivity index (χ0) is 10.0. The van der Waals surface area contributed by atoms with Crippen LogP contribution < -0.4 is 0 Å². The van der Waals surface area contributed by atoms with Crippen LogP contribution in [0, 0.1) is 12.7 Å². The average Bonchev–Trinajstić information content (AvgIpc) is 2.08. The van der Waals surface area contributed by atoms with Crippen molar-refractivity contribution in [2.24, 2.45) is 0 Å². The fourth-order valence-electron chi connectivity index (χ4n) is 0.895. The fraction of sp³-hybridized carbons (Fsp3) is 0.375. The minimum atomic E-state index is -1.10. The van der Waals surface area contributed by atoms with Gasteiger partial charge in [0.25, 0.3) is 0 Å². The van der Waals surface area contributed by atoms with Crippen LogP contribution in [-0.4, -0.2) is 21.0 Å². The van der Waals surface area contributed by atoms with Crippen molar-refractivity contribution in [2.75, 3.05) is 0 Å². The third kappa shape index (κ3) is 1.80. The fourth-order valence-corrected chi connectivity index (χ4v) is 0.895. The van der Waals surface area contributed by atoms with Gasteiger partial charge in [-0.1, -0.05) is 0 Å². The summed E-state index contributed by atoms with van der Waals surface area (Å²) < 4.78 is 13.2. The number of aromatic nitrogens is 2. The Balaban J connectivity index is 3.15. The summed E-state index contributed by atoms with van der Waals surface area (Å²) in [6.45, 7) is 2.85. The first-order chi connectivity index (χ1) is 6.04. The van der Waals surface area contributed by atoms with Crippen molar-refractivity contribution in [3.8, 4) is 0 Å². The molecule has 1 aromatic heterocycles. The molecule has 1 aromatic rings. The molecule has 1 N–H and O–H groups in total. The van der Waals surface area contributed by atoms with Gasteiger partial charge in [-0.15, -0.1) is 0 Å². The Hall–Kier alpha value is -1.52. The standard InChI is InChI=1S/C8H9FN2O2/c1-4(8(12)13)7-6(9)5(2)10-3-11-7/h3-4H,1-2H3,(H,12,13). The number of carboxylic acids is 1. The normalized spacial score (nSPS) is 12.5. The van der Waals surface area contributed by atoms with Crippen molar-refractivity contribution < 1.29 is 14.3 Å². The molecule has 0 bridgehead atoms. The van der Waals surface area contributed by atoms with Gasteiger partial charge in [-0.2, -0.15) is 0 Å². The van der Waals surface area contributed by atoms with Gasteiger partial charge in [0.15, 0.2) is 5.82 Å². The molecule has 4 nitrogen and oxygen atoms in total. The van der Waals surface area contributed by atoms with E-state index in [-0.39, 0.29) is 11.4 Å². The highest BCUT2D eigenvalue weighted by Crippen LogP contribution is 2.17. The first kappa shape index (κ1) is 9.57. The van der Waals surface area contributed by atoms with Gasteiger partial charge in [0.05, 0.1) is 17.3 Å². The molecule has 0 aliphatic rings. The van der Waals surface area contributed by atoms with Crippen molar-refractivity contribution in [1.82, 2.24) is 9.97 Å². The second kappa shape index (κ2) is 3.47. The summed E-state index contributed by atoms with van der Waals surface area (Å²) in [7, 11) is 0. The summed E-state index contributed by atoms with van der Waals surface area (Å²) >= 11 is 0. The van der Waals surface area contributed by atoms with Crippen LogP contribution in [0.3, 0.4) is 0 Å². The molecule has 1 unspecified atom stereocenters. The van der Waals surface area contributed by atoms with Crippen LogP contribution in [-0.2, 0) is 4.79 Å². The van der Waals surface area contributed by atoms with Gasteiger partial charge in [-0.3, -0.25) is 4.79 Å². The predicted molar refractivity (Wildman–Crippen MR) is 42.8 cm³/mol. The molecule has 70 valence electrons. The van der Waals surface area contributed by atoms with E-state index >= 15 is 0 Å². The molecule has 0 amide bonds. The lowest BCUT2D eigenvalue weighted by molar-refractivity contribution is -0.138. The van der Waals surface area contributed by atoms with E-state index in [0.29, 0.717) is 0 Å². The lowest BCUT2D eigenvalue weighted by Gasteiger charge is -2.06. The molecule has 1 atom stereocenters. The summed E-state index contributed by atoms with van der Waals surface area (Å²) in [5, 5.41) is 8.62. The highest BCUT2D eigenvalue weighted by molar-refractivity contribution is 5.74. The zero-order valence-corrected chi connectivity index (χ0v) is 7.28. The maximum Gasteiger partial charge on any atom is 0.312 e. The van der Waals surface area contributed by atoms with E-state index in [4.69, 9.17) is 5.11 Å². The average molecular weight is 184 g/mol. The van der Waals surface area contributed by atoms with E-state index in [1.54, 1.807) is 0 Å². The van der Waals surface area contributed by atoms with Gasteiger partial charge < -0.3 is 5.11 Å². The lowest BCUT2D eigenvalue weighted by Crippen LogP contribution is -2.12. The van der Waals surface area contributed by atoms with E-state index in [0.717, 1.165) is 6.33 Å². The zero-order valence-electron chi connectivity index (χ0n) is 7.28. The van der Waals surface area contributed by atoms with Gasteiger partial charge in [0, 0.05) is 0 Å². The topological polar surface area (TPSA) is 63.1 Å². The highest BCUT2D eigenvalue weighted by Gasteiger charge is 2.20. The van der Waals surface area contributed by atoms with Crippen molar-refractivity contribution in [3.63, 3.8) is 0 Å². The molecule has 1 heterocycles. The number of hydrogen-bond donors (Lipinski definition) is 1. The van der Waals surface area contributed by atoms with E-state index < -0.39 is 17.7 Å². The molecule has 1 rings (SSSR count). The van der Waals surface area contributed by atoms with Crippen LogP contribution in [0.2, 0.25) is 0 Å². The largest absolute Gasteiger partial charge is 0.481 e. The number of rotatable bonds is 2. The minimum absolute atomic E-state index is 0.0694. The number of hydrogen-bond acceptors (Lipinski definition) is 3. The third-order valence-electron chi connectivity index (χ3n) is 1.77. The molecular weight excluding hydrogens is 175 g/mol. The second-order valence-corrected chi connectivity index (χ2v) is 2.72. The van der Waals surface area contributed by atoms with Crippen molar-refractivity contribution in [1.29, 1.82) is 0 Å². The molecular formula is C8H9FN2O2. The van der Waals surface area contributed by atoms with Crippen LogP contribution in [0.1, 0.15) is 24.2 Å². The van der Waals surface area contributed by atoms with Crippen molar-refractivity contribution in [3.05, 3.63) is 23.5 Å². The smallest absolute Gasteiger partial charge is 0.312 e. The van der Waals surface area contributed by atoms with Gasteiger partial charge >= 0.3 is 5.97 Å². The maximum absolute atomic E-state index is 13.2.